The lowest BCUT2D eigenvalue weighted by Crippen LogP contribution is -2.11. The van der Waals surface area contributed by atoms with Gasteiger partial charge in [-0.25, -0.2) is 0 Å². The Morgan fingerprint density at radius 3 is 1.75 bits per heavy atom. The summed E-state index contributed by atoms with van der Waals surface area (Å²) in [6, 6.07) is 0. The van der Waals surface area contributed by atoms with Crippen LogP contribution >= 0.6 is 0 Å². The third-order valence-electron chi connectivity index (χ3n) is 3.35. The van der Waals surface area contributed by atoms with E-state index in [4.69, 9.17) is 0 Å². The van der Waals surface area contributed by atoms with Gasteiger partial charge in [-0.15, -0.1) is 0 Å². The van der Waals surface area contributed by atoms with Gasteiger partial charge in [-0.2, -0.15) is 0 Å². The van der Waals surface area contributed by atoms with Gasteiger partial charge in [0.05, 0.1) is 0 Å². The summed E-state index contributed by atoms with van der Waals surface area (Å²) in [5.74, 6) is 2.64. The minimum Gasteiger partial charge on any atom is -0.0861 e. The third kappa shape index (κ3) is 4.85. The largest absolute Gasteiger partial charge is 0.136 e. The molecular weight excluding hydrogens is 143 g/mol. The summed E-state index contributed by atoms with van der Waals surface area (Å²) in [5.41, 5.74) is 0. The summed E-state index contributed by atoms with van der Waals surface area (Å²) >= 11 is 0. The average molecular weight is 168 g/mol. The molecule has 2 unspecified atom stereocenters. The minimum atomic E-state index is 0.851. The van der Waals surface area contributed by atoms with E-state index in [9.17, 15) is 0 Å². The number of hydrogen-bond donors (Lipinski definition) is 0. The van der Waals surface area contributed by atoms with E-state index in [1.165, 1.54) is 12.8 Å². The molecule has 2 atom stereocenters. The maximum absolute atomic E-state index is 2.37. The zero-order valence-corrected chi connectivity index (χ0v) is 9.72. The summed E-state index contributed by atoms with van der Waals surface area (Å²) in [6.45, 7) is 14.9. The van der Waals surface area contributed by atoms with E-state index in [0.29, 0.717) is 0 Å². The quantitative estimate of drug-likeness (QED) is 0.539. The fourth-order valence-electron chi connectivity index (χ4n) is 1.19. The lowest BCUT2D eigenvalue weighted by molar-refractivity contribution is 0.380. The van der Waals surface area contributed by atoms with Crippen molar-refractivity contribution in [3.05, 3.63) is 0 Å². The normalized spacial score (nSPS) is 16.2. The molecule has 0 N–H and O–H groups in total. The average Bonchev–Trinajstić information content (AvgIpc) is 1.98. The zero-order valence-electron chi connectivity index (χ0n) is 9.72. The highest BCUT2D eigenvalue weighted by Gasteiger charge is 2.13. The van der Waals surface area contributed by atoms with Crippen molar-refractivity contribution in [2.45, 2.75) is 60.0 Å². The van der Waals surface area contributed by atoms with Crippen molar-refractivity contribution in [3.63, 3.8) is 0 Å². The third-order valence-corrected chi connectivity index (χ3v) is 3.35. The zero-order chi connectivity index (χ0) is 9.72. The number of rotatable bonds is 5. The first kappa shape index (κ1) is 12.1. The van der Waals surface area contributed by atoms with Crippen molar-refractivity contribution in [2.24, 2.45) is 11.8 Å². The van der Waals surface area contributed by atoms with E-state index in [-0.39, 0.29) is 0 Å². The fraction of sp³-hybridized carbons (Fsp3) is 1.00. The van der Waals surface area contributed by atoms with Gasteiger partial charge < -0.3 is 0 Å². The molecule has 0 aliphatic heterocycles. The highest BCUT2D eigenvalue weighted by atomic mass is 14.1. The molecule has 0 amide bonds. The Balaban J connectivity index is 3.54. The van der Waals surface area contributed by atoms with Crippen LogP contribution < -0.4 is 0 Å². The molecule has 0 saturated carbocycles. The Hall–Kier alpha value is 0.0649. The topological polar surface area (TPSA) is 0 Å². The maximum Gasteiger partial charge on any atom is 0.136 e. The van der Waals surface area contributed by atoms with E-state index in [2.05, 4.69) is 41.3 Å². The van der Waals surface area contributed by atoms with Crippen molar-refractivity contribution in [2.75, 3.05) is 0 Å². The molecule has 0 aliphatic rings. The monoisotopic (exact) mass is 168 g/mol. The van der Waals surface area contributed by atoms with Crippen LogP contribution in [0.15, 0.2) is 0 Å². The van der Waals surface area contributed by atoms with E-state index >= 15 is 0 Å². The number of hydrogen-bond acceptors (Lipinski definition) is 0. The van der Waals surface area contributed by atoms with Gasteiger partial charge in [0, 0.05) is 0 Å². The molecule has 0 spiro atoms. The molecule has 0 aromatic rings. The first-order valence-electron chi connectivity index (χ1n) is 5.45. The van der Waals surface area contributed by atoms with E-state index < -0.39 is 0 Å². The van der Waals surface area contributed by atoms with Crippen molar-refractivity contribution < 1.29 is 0 Å². The van der Waals surface area contributed by atoms with Gasteiger partial charge in [-0.05, 0) is 11.8 Å². The van der Waals surface area contributed by atoms with Crippen LogP contribution in [-0.2, 0) is 0 Å². The first-order chi connectivity index (χ1) is 5.45. The Kier molecular flexibility index (Phi) is 5.70. The Labute approximate surface area is 79.2 Å². The first-order valence-corrected chi connectivity index (χ1v) is 5.45. The molecule has 12 heavy (non-hydrogen) atoms. The predicted molar refractivity (Wildman–Crippen MR) is 60.1 cm³/mol. The SMILES string of the molecule is CB(C)C(C)CCC(C)C(C)C. The van der Waals surface area contributed by atoms with Crippen molar-refractivity contribution in [1.29, 1.82) is 0 Å². The lowest BCUT2D eigenvalue weighted by atomic mass is 9.44. The molecule has 0 fully saturated rings. The van der Waals surface area contributed by atoms with Gasteiger partial charge in [0.1, 0.15) is 6.71 Å². The smallest absolute Gasteiger partial charge is 0.0861 e. The molecule has 0 bridgehead atoms. The Morgan fingerprint density at radius 1 is 0.917 bits per heavy atom. The van der Waals surface area contributed by atoms with Crippen molar-refractivity contribution in [1.82, 2.24) is 0 Å². The molecular formula is C11H25B. The molecule has 0 rings (SSSR count). The van der Waals surface area contributed by atoms with Crippen LogP contribution in [0.1, 0.15) is 40.5 Å². The Morgan fingerprint density at radius 2 is 1.42 bits per heavy atom. The van der Waals surface area contributed by atoms with E-state index in [1.807, 2.05) is 0 Å². The lowest BCUT2D eigenvalue weighted by Gasteiger charge is -2.19. The van der Waals surface area contributed by atoms with Crippen LogP contribution in [-0.4, -0.2) is 6.71 Å². The van der Waals surface area contributed by atoms with Crippen molar-refractivity contribution in [3.8, 4) is 0 Å². The van der Waals surface area contributed by atoms with Gasteiger partial charge >= 0.3 is 0 Å². The minimum absolute atomic E-state index is 0.851. The summed E-state index contributed by atoms with van der Waals surface area (Å²) in [7, 11) is 0. The van der Waals surface area contributed by atoms with Crippen LogP contribution in [0.4, 0.5) is 0 Å². The van der Waals surface area contributed by atoms with Gasteiger partial charge in [0.25, 0.3) is 0 Å². The van der Waals surface area contributed by atoms with Crippen LogP contribution in [0.25, 0.3) is 0 Å². The van der Waals surface area contributed by atoms with Crippen LogP contribution in [0.5, 0.6) is 0 Å². The second kappa shape index (κ2) is 5.67. The molecule has 72 valence electrons. The highest BCUT2D eigenvalue weighted by Crippen LogP contribution is 2.23. The second-order valence-corrected chi connectivity index (χ2v) is 5.02. The highest BCUT2D eigenvalue weighted by molar-refractivity contribution is 6.57. The predicted octanol–water partition coefficient (Wildman–Crippen LogP) is 4.20. The molecule has 1 heteroatoms. The summed E-state index contributed by atoms with van der Waals surface area (Å²) in [4.78, 5) is 0. The summed E-state index contributed by atoms with van der Waals surface area (Å²) in [5, 5.41) is 0. The standard InChI is InChI=1S/C11H25B/c1-9(2)10(3)7-8-11(4)12(5)6/h9-11H,7-8H2,1-6H3. The molecule has 0 heterocycles. The molecule has 0 aromatic heterocycles. The van der Waals surface area contributed by atoms with Crippen LogP contribution in [0, 0.1) is 11.8 Å². The second-order valence-electron chi connectivity index (χ2n) is 5.02. The fourth-order valence-corrected chi connectivity index (χ4v) is 1.19. The van der Waals surface area contributed by atoms with Crippen molar-refractivity contribution >= 4 is 6.71 Å². The molecule has 0 radical (unpaired) electrons. The van der Waals surface area contributed by atoms with Crippen LogP contribution in [0.3, 0.4) is 0 Å². The van der Waals surface area contributed by atoms with E-state index in [0.717, 1.165) is 24.4 Å². The van der Waals surface area contributed by atoms with Gasteiger partial charge in [-0.3, -0.25) is 0 Å². The molecule has 0 aliphatic carbocycles. The van der Waals surface area contributed by atoms with E-state index in [1.54, 1.807) is 0 Å². The molecule has 0 saturated heterocycles. The van der Waals surface area contributed by atoms with Gasteiger partial charge in [0.15, 0.2) is 0 Å². The Bertz CT molecular complexity index is 93.6. The maximum atomic E-state index is 2.37. The summed E-state index contributed by atoms with van der Waals surface area (Å²) < 4.78 is 0. The molecule has 0 nitrogen and oxygen atoms in total. The van der Waals surface area contributed by atoms with Gasteiger partial charge in [0.2, 0.25) is 0 Å². The summed E-state index contributed by atoms with van der Waals surface area (Å²) in [6.07, 6.45) is 2.80. The van der Waals surface area contributed by atoms with Crippen LogP contribution in [0.2, 0.25) is 19.5 Å². The van der Waals surface area contributed by atoms with Gasteiger partial charge in [-0.1, -0.05) is 60.0 Å². The molecule has 0 aromatic carbocycles.